The highest BCUT2D eigenvalue weighted by Gasteiger charge is 2.25. The predicted molar refractivity (Wildman–Crippen MR) is 134 cm³/mol. The van der Waals surface area contributed by atoms with Crippen LogP contribution in [0.15, 0.2) is 50.4 Å². The van der Waals surface area contributed by atoms with Crippen molar-refractivity contribution in [3.05, 3.63) is 73.1 Å². The van der Waals surface area contributed by atoms with Gasteiger partial charge in [-0.3, -0.25) is 29.3 Å². The fourth-order valence-corrected chi connectivity index (χ4v) is 3.59. The molecule has 0 spiro atoms. The third kappa shape index (κ3) is 6.12. The van der Waals surface area contributed by atoms with E-state index >= 15 is 0 Å². The van der Waals surface area contributed by atoms with E-state index in [1.54, 1.807) is 0 Å². The maximum absolute atomic E-state index is 13.0. The van der Waals surface area contributed by atoms with Crippen molar-refractivity contribution in [3.8, 4) is 11.3 Å². The zero-order valence-electron chi connectivity index (χ0n) is 20.4. The minimum absolute atomic E-state index is 0.0920. The average molecular weight is 514 g/mol. The van der Waals surface area contributed by atoms with E-state index in [0.29, 0.717) is 24.8 Å². The number of furan rings is 1. The van der Waals surface area contributed by atoms with Crippen molar-refractivity contribution in [1.29, 1.82) is 0 Å². The molecule has 0 atom stereocenters. The van der Waals surface area contributed by atoms with E-state index in [-0.39, 0.29) is 41.8 Å². The summed E-state index contributed by atoms with van der Waals surface area (Å²) >= 11 is 0. The molecule has 2 aromatic heterocycles. The second-order valence-electron chi connectivity index (χ2n) is 8.09. The summed E-state index contributed by atoms with van der Waals surface area (Å²) in [5, 5.41) is 10.8. The molecule has 0 bridgehead atoms. The standard InChI is InChI=1S/C24H27N5O8/c1-3-5-13-27(20-21(25)28(12-4-2)24(33)26-22(20)31)19(30)14-36-23(32)18-11-10-17(37-18)15-6-8-16(9-7-15)29(34)35/h6-11H,3-5,12-14,25H2,1-2H3,(H,26,31,33). The molecule has 37 heavy (non-hydrogen) atoms. The molecule has 13 heteroatoms. The van der Waals surface area contributed by atoms with Crippen LogP contribution in [0.25, 0.3) is 11.3 Å². The van der Waals surface area contributed by atoms with Gasteiger partial charge >= 0.3 is 11.7 Å². The number of nitrogens with one attached hydrogen (secondary N) is 1. The number of rotatable bonds is 11. The molecule has 2 heterocycles. The van der Waals surface area contributed by atoms with Gasteiger partial charge in [-0.15, -0.1) is 0 Å². The fourth-order valence-electron chi connectivity index (χ4n) is 3.59. The normalized spacial score (nSPS) is 10.8. The van der Waals surface area contributed by atoms with Crippen molar-refractivity contribution >= 4 is 29.1 Å². The lowest BCUT2D eigenvalue weighted by Crippen LogP contribution is -2.43. The van der Waals surface area contributed by atoms with Gasteiger partial charge in [-0.1, -0.05) is 20.3 Å². The Bertz CT molecular complexity index is 1400. The molecule has 13 nitrogen and oxygen atoms in total. The summed E-state index contributed by atoms with van der Waals surface area (Å²) in [5.74, 6) is -1.69. The van der Waals surface area contributed by atoms with Crippen molar-refractivity contribution in [2.45, 2.75) is 39.7 Å². The number of unbranched alkanes of at least 4 members (excludes halogenated alkanes) is 1. The van der Waals surface area contributed by atoms with E-state index in [9.17, 15) is 29.3 Å². The lowest BCUT2D eigenvalue weighted by atomic mass is 10.1. The molecule has 0 aliphatic rings. The summed E-state index contributed by atoms with van der Waals surface area (Å²) in [6.07, 6.45) is 1.80. The molecule has 1 aromatic carbocycles. The Morgan fingerprint density at radius 1 is 1.14 bits per heavy atom. The highest BCUT2D eigenvalue weighted by atomic mass is 16.6. The quantitative estimate of drug-likeness (QED) is 0.221. The maximum Gasteiger partial charge on any atom is 0.374 e. The topological polar surface area (TPSA) is 184 Å². The molecule has 0 radical (unpaired) electrons. The Kier molecular flexibility index (Phi) is 8.61. The highest BCUT2D eigenvalue weighted by molar-refractivity contribution is 5.98. The lowest BCUT2D eigenvalue weighted by molar-refractivity contribution is -0.384. The SMILES string of the molecule is CCCCN(C(=O)COC(=O)c1ccc(-c2ccc([N+](=O)[O-])cc2)o1)c1c(N)n(CCC)c(=O)[nH]c1=O. The number of non-ortho nitro benzene ring substituents is 1. The first-order chi connectivity index (χ1) is 17.7. The van der Waals surface area contributed by atoms with Gasteiger partial charge in [-0.05, 0) is 37.1 Å². The van der Waals surface area contributed by atoms with Crippen LogP contribution in [0.4, 0.5) is 17.2 Å². The van der Waals surface area contributed by atoms with Crippen molar-refractivity contribution in [2.75, 3.05) is 23.8 Å². The molecule has 3 rings (SSSR count). The largest absolute Gasteiger partial charge is 0.450 e. The Hall–Kier alpha value is -4.68. The summed E-state index contributed by atoms with van der Waals surface area (Å²) in [6.45, 7) is 3.39. The lowest BCUT2D eigenvalue weighted by Gasteiger charge is -2.24. The van der Waals surface area contributed by atoms with Crippen LogP contribution in [0.3, 0.4) is 0 Å². The summed E-state index contributed by atoms with van der Waals surface area (Å²) in [5.41, 5.74) is 4.84. The molecule has 3 N–H and O–H groups in total. The number of nitrogens with two attached hydrogens (primary N) is 1. The first-order valence-corrected chi connectivity index (χ1v) is 11.6. The number of nitrogens with zero attached hydrogens (tertiary/aromatic N) is 3. The smallest absolute Gasteiger partial charge is 0.374 e. The van der Waals surface area contributed by atoms with E-state index in [2.05, 4.69) is 4.98 Å². The molecule has 3 aromatic rings. The Labute approximate surface area is 210 Å². The van der Waals surface area contributed by atoms with Crippen LogP contribution in [0, 0.1) is 10.1 Å². The third-order valence-corrected chi connectivity index (χ3v) is 5.46. The van der Waals surface area contributed by atoms with E-state index in [4.69, 9.17) is 14.9 Å². The number of nitro benzene ring substituents is 1. The number of benzene rings is 1. The van der Waals surface area contributed by atoms with Crippen LogP contribution in [0.1, 0.15) is 43.7 Å². The van der Waals surface area contributed by atoms with Crippen LogP contribution >= 0.6 is 0 Å². The van der Waals surface area contributed by atoms with Gasteiger partial charge in [0.05, 0.1) is 4.92 Å². The summed E-state index contributed by atoms with van der Waals surface area (Å²) in [7, 11) is 0. The highest BCUT2D eigenvalue weighted by Crippen LogP contribution is 2.25. The van der Waals surface area contributed by atoms with E-state index in [0.717, 1.165) is 4.90 Å². The number of esters is 1. The van der Waals surface area contributed by atoms with Crippen LogP contribution in [-0.2, 0) is 16.1 Å². The molecule has 1 amide bonds. The van der Waals surface area contributed by atoms with E-state index in [1.807, 2.05) is 13.8 Å². The van der Waals surface area contributed by atoms with Crippen LogP contribution in [0.2, 0.25) is 0 Å². The first kappa shape index (κ1) is 26.9. The number of nitrogen functional groups attached to an aromatic ring is 1. The van der Waals surface area contributed by atoms with Gasteiger partial charge in [0.2, 0.25) is 5.76 Å². The number of hydrogen-bond donors (Lipinski definition) is 2. The zero-order chi connectivity index (χ0) is 27.1. The number of carbonyl (C=O) groups excluding carboxylic acids is 2. The Balaban J connectivity index is 1.77. The molecule has 0 aliphatic heterocycles. The maximum atomic E-state index is 13.0. The number of nitro groups is 1. The van der Waals surface area contributed by atoms with Gasteiger partial charge in [0, 0.05) is 30.8 Å². The number of anilines is 2. The summed E-state index contributed by atoms with van der Waals surface area (Å²) < 4.78 is 11.8. The molecule has 0 aliphatic carbocycles. The molecule has 0 unspecified atom stereocenters. The number of carbonyl (C=O) groups is 2. The number of H-pyrrole nitrogens is 1. The van der Waals surface area contributed by atoms with Gasteiger partial charge in [0.1, 0.15) is 11.6 Å². The van der Waals surface area contributed by atoms with Crippen molar-refractivity contribution in [1.82, 2.24) is 9.55 Å². The number of aromatic nitrogens is 2. The van der Waals surface area contributed by atoms with Crippen LogP contribution in [-0.4, -0.2) is 39.5 Å². The van der Waals surface area contributed by atoms with E-state index < -0.39 is 34.7 Å². The molecule has 0 fully saturated rings. The number of ether oxygens (including phenoxy) is 1. The van der Waals surface area contributed by atoms with Crippen molar-refractivity contribution < 1.29 is 23.7 Å². The minimum Gasteiger partial charge on any atom is -0.450 e. The summed E-state index contributed by atoms with van der Waals surface area (Å²) in [4.78, 5) is 63.8. The third-order valence-electron chi connectivity index (χ3n) is 5.46. The van der Waals surface area contributed by atoms with Crippen molar-refractivity contribution in [3.63, 3.8) is 0 Å². The molecule has 0 saturated heterocycles. The van der Waals surface area contributed by atoms with Crippen LogP contribution in [0.5, 0.6) is 0 Å². The number of hydrogen-bond acceptors (Lipinski definition) is 9. The Morgan fingerprint density at radius 3 is 2.46 bits per heavy atom. The van der Waals surface area contributed by atoms with Gasteiger partial charge in [0.25, 0.3) is 17.2 Å². The zero-order valence-corrected chi connectivity index (χ0v) is 20.4. The van der Waals surface area contributed by atoms with E-state index in [1.165, 1.54) is 41.0 Å². The monoisotopic (exact) mass is 513 g/mol. The predicted octanol–water partition coefficient (Wildman–Crippen LogP) is 2.69. The first-order valence-electron chi connectivity index (χ1n) is 11.6. The van der Waals surface area contributed by atoms with Gasteiger partial charge in [-0.2, -0.15) is 0 Å². The second-order valence-corrected chi connectivity index (χ2v) is 8.09. The number of aromatic amines is 1. The minimum atomic E-state index is -0.921. The van der Waals surface area contributed by atoms with Gasteiger partial charge < -0.3 is 19.8 Å². The number of amides is 1. The molecule has 196 valence electrons. The van der Waals surface area contributed by atoms with Crippen LogP contribution < -0.4 is 21.9 Å². The Morgan fingerprint density at radius 2 is 1.84 bits per heavy atom. The second kappa shape index (κ2) is 11.8. The van der Waals surface area contributed by atoms with Crippen molar-refractivity contribution in [2.24, 2.45) is 0 Å². The molecular formula is C24H27N5O8. The molecular weight excluding hydrogens is 486 g/mol. The summed E-state index contributed by atoms with van der Waals surface area (Å²) in [6, 6.07) is 8.39. The average Bonchev–Trinajstić information content (AvgIpc) is 3.37. The molecule has 0 saturated carbocycles. The van der Waals surface area contributed by atoms with Gasteiger partial charge in [0.15, 0.2) is 12.3 Å². The fraction of sp³-hybridized carbons (Fsp3) is 0.333. The van der Waals surface area contributed by atoms with Gasteiger partial charge in [-0.25, -0.2) is 9.59 Å².